The second-order valence-corrected chi connectivity index (χ2v) is 11.0. The monoisotopic (exact) mass is 557 g/mol. The van der Waals surface area contributed by atoms with Crippen LogP contribution in [0.5, 0.6) is 5.75 Å². The van der Waals surface area contributed by atoms with Crippen LogP contribution < -0.4 is 14.8 Å². The minimum atomic E-state index is -3.80. The van der Waals surface area contributed by atoms with Gasteiger partial charge in [0.05, 0.1) is 10.6 Å². The third-order valence-electron chi connectivity index (χ3n) is 5.10. The summed E-state index contributed by atoms with van der Waals surface area (Å²) in [5, 5.41) is 10.9. The van der Waals surface area contributed by atoms with E-state index in [4.69, 9.17) is 16.3 Å². The van der Waals surface area contributed by atoms with Crippen molar-refractivity contribution in [1.82, 2.24) is 20.5 Å². The number of hydrogen-bond acceptors (Lipinski definition) is 7. The fourth-order valence-electron chi connectivity index (χ4n) is 3.15. The summed E-state index contributed by atoms with van der Waals surface area (Å²) >= 11 is 7.49. The van der Waals surface area contributed by atoms with Crippen LogP contribution in [0.4, 0.5) is 5.69 Å². The first-order valence-corrected chi connectivity index (χ1v) is 14.0. The number of ether oxygens (including phenoxy) is 1. The maximum atomic E-state index is 12.6. The molecule has 3 aromatic carbocycles. The van der Waals surface area contributed by atoms with Crippen molar-refractivity contribution in [2.75, 3.05) is 23.6 Å². The number of anilines is 1. The molecular weight excluding hydrogens is 534 g/mol. The van der Waals surface area contributed by atoms with Gasteiger partial charge in [-0.05, 0) is 48.9 Å². The molecule has 0 aliphatic rings. The number of aromatic amines is 1. The maximum Gasteiger partial charge on any atom is 0.261 e. The summed E-state index contributed by atoms with van der Waals surface area (Å²) in [6, 6.07) is 20.4. The Morgan fingerprint density at radius 3 is 2.57 bits per heavy atom. The second kappa shape index (κ2) is 12.1. The number of amides is 1. The van der Waals surface area contributed by atoms with Crippen LogP contribution >= 0.6 is 23.4 Å². The van der Waals surface area contributed by atoms with Crippen molar-refractivity contribution in [2.45, 2.75) is 17.0 Å². The number of carbonyl (C=O) groups excluding carboxylic acids is 1. The van der Waals surface area contributed by atoms with Crippen LogP contribution in [0.1, 0.15) is 5.56 Å². The highest BCUT2D eigenvalue weighted by Crippen LogP contribution is 2.24. The normalized spacial score (nSPS) is 11.2. The van der Waals surface area contributed by atoms with E-state index in [1.54, 1.807) is 18.2 Å². The number of nitrogens with one attached hydrogen (secondary N) is 3. The molecule has 0 unspecified atom stereocenters. The van der Waals surface area contributed by atoms with Crippen LogP contribution in [0, 0.1) is 6.92 Å². The summed E-state index contributed by atoms with van der Waals surface area (Å²) in [6.07, 6.45) is 0. The van der Waals surface area contributed by atoms with Crippen LogP contribution in [0.15, 0.2) is 82.8 Å². The zero-order valence-electron chi connectivity index (χ0n) is 19.8. The lowest BCUT2D eigenvalue weighted by molar-refractivity contribution is -0.122. The first kappa shape index (κ1) is 26.5. The predicted octanol–water partition coefficient (Wildman–Crippen LogP) is 4.52. The van der Waals surface area contributed by atoms with E-state index >= 15 is 0 Å². The number of thioether (sulfide) groups is 1. The SMILES string of the molecule is Cc1ccc(NS(=O)(=O)c2ccc(OCC(=O)NCCSc3n[nH]c(-c4ccccc4)n3)cc2)cc1Cl. The highest BCUT2D eigenvalue weighted by atomic mass is 35.5. The second-order valence-electron chi connectivity index (χ2n) is 7.86. The Labute approximate surface area is 224 Å². The Morgan fingerprint density at radius 1 is 1.08 bits per heavy atom. The van der Waals surface area contributed by atoms with E-state index in [-0.39, 0.29) is 17.4 Å². The first-order valence-electron chi connectivity index (χ1n) is 11.2. The van der Waals surface area contributed by atoms with Gasteiger partial charge in [-0.2, -0.15) is 0 Å². The average molecular weight is 558 g/mol. The summed E-state index contributed by atoms with van der Waals surface area (Å²) in [4.78, 5) is 16.6. The zero-order chi connectivity index (χ0) is 26.3. The summed E-state index contributed by atoms with van der Waals surface area (Å²) in [6.45, 7) is 2.04. The number of carbonyl (C=O) groups is 1. The van der Waals surface area contributed by atoms with E-state index in [2.05, 4.69) is 25.2 Å². The van der Waals surface area contributed by atoms with Crippen LogP contribution in [0.25, 0.3) is 11.4 Å². The molecule has 4 aromatic rings. The molecule has 0 spiro atoms. The molecule has 0 aliphatic heterocycles. The van der Waals surface area contributed by atoms with Crippen LogP contribution in [-0.4, -0.2) is 48.4 Å². The molecule has 4 rings (SSSR count). The summed E-state index contributed by atoms with van der Waals surface area (Å²) in [5.41, 5.74) is 2.16. The van der Waals surface area contributed by atoms with Crippen LogP contribution in [-0.2, 0) is 14.8 Å². The van der Waals surface area contributed by atoms with Crippen molar-refractivity contribution in [1.29, 1.82) is 0 Å². The van der Waals surface area contributed by atoms with Crippen molar-refractivity contribution >= 4 is 45.0 Å². The van der Waals surface area contributed by atoms with Crippen molar-refractivity contribution in [3.8, 4) is 17.1 Å². The molecule has 37 heavy (non-hydrogen) atoms. The molecule has 0 fully saturated rings. The maximum absolute atomic E-state index is 12.6. The van der Waals surface area contributed by atoms with Gasteiger partial charge in [-0.25, -0.2) is 13.4 Å². The number of rotatable bonds is 11. The molecule has 9 nitrogen and oxygen atoms in total. The number of hydrogen-bond donors (Lipinski definition) is 3. The van der Waals surface area contributed by atoms with E-state index in [1.807, 2.05) is 37.3 Å². The lowest BCUT2D eigenvalue weighted by Crippen LogP contribution is -2.30. The molecule has 1 amide bonds. The Balaban J connectivity index is 1.19. The van der Waals surface area contributed by atoms with E-state index in [0.717, 1.165) is 11.1 Å². The van der Waals surface area contributed by atoms with Gasteiger partial charge in [0, 0.05) is 22.9 Å². The molecular formula is C25H24ClN5O4S2. The average Bonchev–Trinajstić information content (AvgIpc) is 3.37. The van der Waals surface area contributed by atoms with E-state index in [0.29, 0.717) is 39.7 Å². The molecule has 3 N–H and O–H groups in total. The topological polar surface area (TPSA) is 126 Å². The number of aryl methyl sites for hydroxylation is 1. The van der Waals surface area contributed by atoms with Gasteiger partial charge in [-0.1, -0.05) is 59.8 Å². The van der Waals surface area contributed by atoms with Crippen molar-refractivity contribution < 1.29 is 17.9 Å². The third kappa shape index (κ3) is 7.48. The molecule has 0 atom stereocenters. The number of halogens is 1. The van der Waals surface area contributed by atoms with Gasteiger partial charge in [-0.15, -0.1) is 5.10 Å². The highest BCUT2D eigenvalue weighted by Gasteiger charge is 2.15. The smallest absolute Gasteiger partial charge is 0.261 e. The van der Waals surface area contributed by atoms with Gasteiger partial charge in [0.1, 0.15) is 5.75 Å². The Morgan fingerprint density at radius 2 is 1.84 bits per heavy atom. The first-order chi connectivity index (χ1) is 17.8. The fraction of sp³-hybridized carbons (Fsp3) is 0.160. The number of benzene rings is 3. The molecule has 12 heteroatoms. The minimum Gasteiger partial charge on any atom is -0.484 e. The molecule has 0 aliphatic carbocycles. The number of aromatic nitrogens is 3. The van der Waals surface area contributed by atoms with Gasteiger partial charge >= 0.3 is 0 Å². The third-order valence-corrected chi connectivity index (χ3v) is 7.75. The summed E-state index contributed by atoms with van der Waals surface area (Å²) < 4.78 is 33.2. The van der Waals surface area contributed by atoms with Crippen molar-refractivity contribution in [2.24, 2.45) is 0 Å². The lowest BCUT2D eigenvalue weighted by atomic mass is 10.2. The number of sulfonamides is 1. The lowest BCUT2D eigenvalue weighted by Gasteiger charge is -2.10. The minimum absolute atomic E-state index is 0.0559. The number of H-pyrrole nitrogens is 1. The fourth-order valence-corrected chi connectivity index (χ4v) is 5.04. The zero-order valence-corrected chi connectivity index (χ0v) is 22.2. The molecule has 0 radical (unpaired) electrons. The highest BCUT2D eigenvalue weighted by molar-refractivity contribution is 7.99. The standard InChI is InChI=1S/C25H24ClN5O4S2/c1-17-7-8-19(15-22(17)26)31-37(33,34)21-11-9-20(10-12-21)35-16-23(32)27-13-14-36-25-28-24(29-30-25)18-5-3-2-4-6-18/h2-12,15,31H,13-14,16H2,1H3,(H,27,32)(H,28,29,30). The molecule has 1 heterocycles. The largest absolute Gasteiger partial charge is 0.484 e. The molecule has 0 saturated heterocycles. The van der Waals surface area contributed by atoms with Crippen LogP contribution in [0.3, 0.4) is 0 Å². The van der Waals surface area contributed by atoms with Gasteiger partial charge < -0.3 is 10.1 Å². The van der Waals surface area contributed by atoms with Crippen LogP contribution in [0.2, 0.25) is 5.02 Å². The summed E-state index contributed by atoms with van der Waals surface area (Å²) in [5.74, 6) is 1.35. The van der Waals surface area contributed by atoms with Gasteiger partial charge in [0.2, 0.25) is 5.16 Å². The van der Waals surface area contributed by atoms with Gasteiger partial charge in [-0.3, -0.25) is 14.6 Å². The van der Waals surface area contributed by atoms with Crippen molar-refractivity contribution in [3.05, 3.63) is 83.4 Å². The predicted molar refractivity (Wildman–Crippen MR) is 144 cm³/mol. The Bertz CT molecular complexity index is 1460. The van der Waals surface area contributed by atoms with E-state index in [9.17, 15) is 13.2 Å². The van der Waals surface area contributed by atoms with Crippen molar-refractivity contribution in [3.63, 3.8) is 0 Å². The van der Waals surface area contributed by atoms with E-state index < -0.39 is 10.0 Å². The quantitative estimate of drug-likeness (QED) is 0.183. The van der Waals surface area contributed by atoms with Gasteiger partial charge in [0.25, 0.3) is 15.9 Å². The molecule has 0 bridgehead atoms. The molecule has 1 aromatic heterocycles. The number of nitrogens with zero attached hydrogens (tertiary/aromatic N) is 2. The summed E-state index contributed by atoms with van der Waals surface area (Å²) in [7, 11) is -3.80. The van der Waals surface area contributed by atoms with E-state index in [1.165, 1.54) is 36.0 Å². The molecule has 0 saturated carbocycles. The van der Waals surface area contributed by atoms with Gasteiger partial charge in [0.15, 0.2) is 12.4 Å². The Kier molecular flexibility index (Phi) is 8.70. The molecule has 192 valence electrons. The Hall–Kier alpha value is -3.54.